The molecule has 0 aliphatic carbocycles. The zero-order chi connectivity index (χ0) is 17.3. The topological polar surface area (TPSA) is 22.1 Å². The van der Waals surface area contributed by atoms with Gasteiger partial charge in [-0.25, -0.2) is 4.99 Å². The number of fused-ring (bicyclic) bond motifs is 1. The number of hydrogen-bond donors (Lipinski definition) is 0. The van der Waals surface area contributed by atoms with Crippen molar-refractivity contribution in [3.05, 3.63) is 45.7 Å². The van der Waals surface area contributed by atoms with E-state index in [1.165, 1.54) is 5.70 Å². The highest BCUT2D eigenvalue weighted by atomic mass is 35.5. The molecular formula is C18H24Cl2N4. The van der Waals surface area contributed by atoms with E-state index in [0.717, 1.165) is 44.0 Å². The van der Waals surface area contributed by atoms with Gasteiger partial charge in [0.1, 0.15) is 6.17 Å². The molecule has 24 heavy (non-hydrogen) atoms. The van der Waals surface area contributed by atoms with Crippen LogP contribution in [0.4, 0.5) is 0 Å². The van der Waals surface area contributed by atoms with Crippen molar-refractivity contribution in [2.45, 2.75) is 39.4 Å². The van der Waals surface area contributed by atoms with E-state index in [1.807, 2.05) is 12.1 Å². The first-order valence-corrected chi connectivity index (χ1v) is 9.24. The van der Waals surface area contributed by atoms with Gasteiger partial charge in [0.15, 0.2) is 5.84 Å². The predicted molar refractivity (Wildman–Crippen MR) is 101 cm³/mol. The van der Waals surface area contributed by atoms with Gasteiger partial charge < -0.3 is 14.7 Å². The molecule has 1 atom stereocenters. The number of halogens is 2. The molecule has 0 saturated heterocycles. The molecule has 3 rings (SSSR count). The van der Waals surface area contributed by atoms with Crippen molar-refractivity contribution >= 4 is 29.0 Å². The molecule has 0 N–H and O–H groups in total. The first-order valence-electron chi connectivity index (χ1n) is 8.49. The Morgan fingerprint density at radius 2 is 2.04 bits per heavy atom. The summed E-state index contributed by atoms with van der Waals surface area (Å²) in [6.45, 7) is 6.98. The maximum Gasteiger partial charge on any atom is 0.152 e. The van der Waals surface area contributed by atoms with Gasteiger partial charge in [0.25, 0.3) is 0 Å². The maximum absolute atomic E-state index is 6.35. The molecule has 1 aromatic carbocycles. The highest BCUT2D eigenvalue weighted by Gasteiger charge is 2.34. The Bertz CT molecular complexity index is 671. The minimum absolute atomic E-state index is 0.240. The van der Waals surface area contributed by atoms with Crippen LogP contribution in [0.15, 0.2) is 35.1 Å². The van der Waals surface area contributed by atoms with Crippen molar-refractivity contribution in [3.8, 4) is 0 Å². The standard InChI is InChI=1S/C18H24Cl2N4/c1-4-8-24-12-23(10-13-6-7-14(19)9-15(13)20)11-16-18(24)21-17(5-2)22(16)3/h6-7,9,11,17H,4-5,8,10,12H2,1-3H3. The fourth-order valence-corrected chi connectivity index (χ4v) is 3.75. The lowest BCUT2D eigenvalue weighted by Crippen LogP contribution is -2.45. The van der Waals surface area contributed by atoms with Crippen LogP contribution in [0.5, 0.6) is 0 Å². The monoisotopic (exact) mass is 366 g/mol. The van der Waals surface area contributed by atoms with E-state index in [0.29, 0.717) is 10.0 Å². The summed E-state index contributed by atoms with van der Waals surface area (Å²) in [6, 6.07) is 5.70. The number of rotatable bonds is 5. The van der Waals surface area contributed by atoms with Gasteiger partial charge in [-0.2, -0.15) is 0 Å². The van der Waals surface area contributed by atoms with Crippen molar-refractivity contribution in [2.75, 3.05) is 20.3 Å². The largest absolute Gasteiger partial charge is 0.353 e. The fourth-order valence-electron chi connectivity index (χ4n) is 3.28. The molecule has 130 valence electrons. The summed E-state index contributed by atoms with van der Waals surface area (Å²) in [5.74, 6) is 1.13. The zero-order valence-electron chi connectivity index (χ0n) is 14.5. The third kappa shape index (κ3) is 3.35. The lowest BCUT2D eigenvalue weighted by Gasteiger charge is -2.37. The van der Waals surface area contributed by atoms with E-state index in [-0.39, 0.29) is 6.17 Å². The van der Waals surface area contributed by atoms with Crippen molar-refractivity contribution in [1.82, 2.24) is 14.7 Å². The second-order valence-electron chi connectivity index (χ2n) is 6.35. The van der Waals surface area contributed by atoms with Gasteiger partial charge in [0.2, 0.25) is 0 Å². The Hall–Kier alpha value is -1.39. The number of likely N-dealkylation sites (N-methyl/N-ethyl adjacent to an activating group) is 1. The number of hydrogen-bond acceptors (Lipinski definition) is 4. The van der Waals surface area contributed by atoms with E-state index < -0.39 is 0 Å². The number of nitrogens with zero attached hydrogens (tertiary/aromatic N) is 4. The Labute approximate surface area is 154 Å². The molecule has 6 heteroatoms. The van der Waals surface area contributed by atoms with Crippen LogP contribution < -0.4 is 0 Å². The van der Waals surface area contributed by atoms with Gasteiger partial charge >= 0.3 is 0 Å². The molecular weight excluding hydrogens is 343 g/mol. The van der Waals surface area contributed by atoms with Crippen LogP contribution in [0.3, 0.4) is 0 Å². The number of amidine groups is 1. The Morgan fingerprint density at radius 1 is 1.25 bits per heavy atom. The van der Waals surface area contributed by atoms with Gasteiger partial charge in [-0.1, -0.05) is 43.1 Å². The summed E-state index contributed by atoms with van der Waals surface area (Å²) >= 11 is 12.4. The van der Waals surface area contributed by atoms with E-state index in [4.69, 9.17) is 28.2 Å². The second-order valence-corrected chi connectivity index (χ2v) is 7.20. The summed E-state index contributed by atoms with van der Waals surface area (Å²) in [5.41, 5.74) is 2.29. The summed E-state index contributed by atoms with van der Waals surface area (Å²) in [5, 5.41) is 1.39. The summed E-state index contributed by atoms with van der Waals surface area (Å²) in [4.78, 5) is 11.8. The Kier molecular flexibility index (Phi) is 5.26. The molecule has 0 amide bonds. The lowest BCUT2D eigenvalue weighted by molar-refractivity contribution is 0.220. The van der Waals surface area contributed by atoms with Gasteiger partial charge in [0.05, 0.1) is 12.4 Å². The predicted octanol–water partition coefficient (Wildman–Crippen LogP) is 4.40. The average molecular weight is 367 g/mol. The van der Waals surface area contributed by atoms with Gasteiger partial charge in [0, 0.05) is 36.4 Å². The van der Waals surface area contributed by atoms with Crippen molar-refractivity contribution in [3.63, 3.8) is 0 Å². The molecule has 0 saturated carbocycles. The zero-order valence-corrected chi connectivity index (χ0v) is 16.0. The third-order valence-corrected chi connectivity index (χ3v) is 5.12. The molecule has 1 aromatic rings. The molecule has 2 heterocycles. The SMILES string of the molecule is CCCN1CN(Cc2ccc(Cl)cc2Cl)C=C2C1=NC(CC)N2C. The minimum Gasteiger partial charge on any atom is -0.353 e. The molecule has 1 unspecified atom stereocenters. The summed E-state index contributed by atoms with van der Waals surface area (Å²) in [6.07, 6.45) is 4.57. The second kappa shape index (κ2) is 7.24. The molecule has 0 radical (unpaired) electrons. The van der Waals surface area contributed by atoms with Crippen molar-refractivity contribution in [2.24, 2.45) is 4.99 Å². The fraction of sp³-hybridized carbons (Fsp3) is 0.500. The van der Waals surface area contributed by atoms with Crippen molar-refractivity contribution < 1.29 is 0 Å². The molecule has 0 spiro atoms. The molecule has 2 aliphatic heterocycles. The molecule has 4 nitrogen and oxygen atoms in total. The van der Waals surface area contributed by atoms with E-state index in [1.54, 1.807) is 6.07 Å². The molecule has 0 aromatic heterocycles. The van der Waals surface area contributed by atoms with Crippen LogP contribution >= 0.6 is 23.2 Å². The average Bonchev–Trinajstić information content (AvgIpc) is 2.87. The summed E-state index contributed by atoms with van der Waals surface area (Å²) < 4.78 is 0. The van der Waals surface area contributed by atoms with Gasteiger partial charge in [-0.15, -0.1) is 0 Å². The van der Waals surface area contributed by atoms with Crippen LogP contribution in [-0.2, 0) is 6.54 Å². The highest BCUT2D eigenvalue weighted by molar-refractivity contribution is 6.35. The third-order valence-electron chi connectivity index (χ3n) is 4.53. The van der Waals surface area contributed by atoms with Crippen LogP contribution in [0.25, 0.3) is 0 Å². The highest BCUT2D eigenvalue weighted by Crippen LogP contribution is 2.29. The molecule has 2 aliphatic rings. The smallest absolute Gasteiger partial charge is 0.152 e. The maximum atomic E-state index is 6.35. The Balaban J connectivity index is 1.86. The van der Waals surface area contributed by atoms with Crippen LogP contribution in [-0.4, -0.2) is 47.0 Å². The normalized spacial score (nSPS) is 20.2. The first kappa shape index (κ1) is 17.4. The van der Waals surface area contributed by atoms with E-state index in [9.17, 15) is 0 Å². The van der Waals surface area contributed by atoms with Crippen LogP contribution in [0.2, 0.25) is 10.0 Å². The number of benzene rings is 1. The molecule has 0 bridgehead atoms. The quantitative estimate of drug-likeness (QED) is 0.770. The number of aliphatic imine (C=N–C) groups is 1. The van der Waals surface area contributed by atoms with Crippen LogP contribution in [0, 0.1) is 0 Å². The molecule has 0 fully saturated rings. The Morgan fingerprint density at radius 3 is 2.71 bits per heavy atom. The van der Waals surface area contributed by atoms with Crippen molar-refractivity contribution in [1.29, 1.82) is 0 Å². The van der Waals surface area contributed by atoms with E-state index >= 15 is 0 Å². The van der Waals surface area contributed by atoms with E-state index in [2.05, 4.69) is 41.8 Å². The minimum atomic E-state index is 0.240. The first-order chi connectivity index (χ1) is 11.5. The summed E-state index contributed by atoms with van der Waals surface area (Å²) in [7, 11) is 2.12. The van der Waals surface area contributed by atoms with Gasteiger partial charge in [-0.3, -0.25) is 0 Å². The lowest BCUT2D eigenvalue weighted by atomic mass is 10.2. The van der Waals surface area contributed by atoms with Gasteiger partial charge in [-0.05, 0) is 30.5 Å². The van der Waals surface area contributed by atoms with Crippen LogP contribution in [0.1, 0.15) is 32.3 Å².